The number of piperidine rings is 1. The predicted octanol–water partition coefficient (Wildman–Crippen LogP) is 4.43. The maximum absolute atomic E-state index is 13.0. The number of carbonyl (C=O) groups excluding carboxylic acids is 1. The van der Waals surface area contributed by atoms with Crippen molar-refractivity contribution in [3.8, 4) is 11.3 Å². The van der Waals surface area contributed by atoms with Crippen LogP contribution in [0.4, 0.5) is 0 Å². The smallest absolute Gasteiger partial charge is 0.312 e. The number of ether oxygens (including phenoxy) is 1. The average Bonchev–Trinajstić information content (AvgIpc) is 3.24. The monoisotopic (exact) mass is 419 g/mol. The molecule has 0 amide bonds. The Morgan fingerprint density at radius 1 is 1.19 bits per heavy atom. The molecule has 0 atom stereocenters. The minimum Gasteiger partial charge on any atom is -0.466 e. The van der Waals surface area contributed by atoms with Crippen molar-refractivity contribution in [2.75, 3.05) is 19.7 Å². The van der Waals surface area contributed by atoms with Gasteiger partial charge in [0, 0.05) is 37.0 Å². The second-order valence-electron chi connectivity index (χ2n) is 8.36. The summed E-state index contributed by atoms with van der Waals surface area (Å²) in [5, 5.41) is 4.26. The molecule has 6 nitrogen and oxygen atoms in total. The van der Waals surface area contributed by atoms with Crippen molar-refractivity contribution >= 4 is 5.97 Å². The zero-order chi connectivity index (χ0) is 21.7. The van der Waals surface area contributed by atoms with E-state index in [1.54, 1.807) is 6.20 Å². The van der Waals surface area contributed by atoms with Gasteiger partial charge in [0.2, 0.25) is 0 Å². The fourth-order valence-electron chi connectivity index (χ4n) is 4.30. The van der Waals surface area contributed by atoms with E-state index in [0.717, 1.165) is 49.5 Å². The molecule has 162 valence electrons. The summed E-state index contributed by atoms with van der Waals surface area (Å²) < 4.78 is 11.1. The van der Waals surface area contributed by atoms with Crippen LogP contribution in [0.2, 0.25) is 0 Å². The van der Waals surface area contributed by atoms with Crippen LogP contribution in [0, 0.1) is 12.3 Å². The lowest BCUT2D eigenvalue weighted by Gasteiger charge is -2.39. The van der Waals surface area contributed by atoms with E-state index >= 15 is 0 Å². The van der Waals surface area contributed by atoms with Crippen molar-refractivity contribution in [3.63, 3.8) is 0 Å². The Balaban J connectivity index is 1.48. The van der Waals surface area contributed by atoms with Gasteiger partial charge in [0.1, 0.15) is 11.5 Å². The molecule has 4 rings (SSSR count). The molecule has 3 heterocycles. The number of aromatic nitrogens is 2. The third-order valence-corrected chi connectivity index (χ3v) is 6.04. The molecule has 1 aliphatic heterocycles. The lowest BCUT2D eigenvalue weighted by atomic mass is 9.74. The summed E-state index contributed by atoms with van der Waals surface area (Å²) in [6, 6.07) is 14.2. The van der Waals surface area contributed by atoms with Gasteiger partial charge in [-0.2, -0.15) is 0 Å². The first kappa shape index (κ1) is 21.2. The molecule has 0 spiro atoms. The maximum atomic E-state index is 13.0. The van der Waals surface area contributed by atoms with Crippen molar-refractivity contribution in [2.45, 2.75) is 39.7 Å². The van der Waals surface area contributed by atoms with Crippen LogP contribution in [-0.4, -0.2) is 40.7 Å². The van der Waals surface area contributed by atoms with Crippen molar-refractivity contribution < 1.29 is 14.1 Å². The van der Waals surface area contributed by atoms with E-state index in [4.69, 9.17) is 9.26 Å². The summed E-state index contributed by atoms with van der Waals surface area (Å²) >= 11 is 0. The molecule has 0 aliphatic carbocycles. The second-order valence-corrected chi connectivity index (χ2v) is 8.36. The summed E-state index contributed by atoms with van der Waals surface area (Å²) in [5.74, 6) is 0.592. The summed E-state index contributed by atoms with van der Waals surface area (Å²) in [4.78, 5) is 19.6. The number of aryl methyl sites for hydroxylation is 1. The van der Waals surface area contributed by atoms with E-state index in [1.165, 1.54) is 11.1 Å². The molecule has 0 saturated carbocycles. The Labute approximate surface area is 183 Å². The number of hydrogen-bond acceptors (Lipinski definition) is 6. The molecular formula is C25H29N3O3. The van der Waals surface area contributed by atoms with Crippen molar-refractivity contribution in [3.05, 3.63) is 71.7 Å². The van der Waals surface area contributed by atoms with E-state index in [-0.39, 0.29) is 5.97 Å². The van der Waals surface area contributed by atoms with Gasteiger partial charge in [-0.25, -0.2) is 0 Å². The Hall–Kier alpha value is -2.99. The summed E-state index contributed by atoms with van der Waals surface area (Å²) in [6.45, 7) is 6.78. The van der Waals surface area contributed by atoms with Gasteiger partial charge in [-0.3, -0.25) is 14.7 Å². The largest absolute Gasteiger partial charge is 0.466 e. The van der Waals surface area contributed by atoms with Gasteiger partial charge < -0.3 is 9.26 Å². The minimum absolute atomic E-state index is 0.135. The number of carbonyl (C=O) groups is 1. The number of benzene rings is 1. The highest BCUT2D eigenvalue weighted by Gasteiger charge is 2.43. The standard InChI is InChI=1S/C25H29N3O3/c1-3-30-24(29)25(9-12-28(13-10-25)18-20-7-5-11-26-17-20)16-22-15-23(27-31-22)21-8-4-6-19(2)14-21/h4-8,11,14-15,17H,3,9-10,12-13,16,18H2,1-2H3. The van der Waals surface area contributed by atoms with Crippen LogP contribution >= 0.6 is 0 Å². The highest BCUT2D eigenvalue weighted by atomic mass is 16.5. The second kappa shape index (κ2) is 9.43. The molecule has 31 heavy (non-hydrogen) atoms. The van der Waals surface area contributed by atoms with Crippen molar-refractivity contribution in [1.29, 1.82) is 0 Å². The fraction of sp³-hybridized carbons (Fsp3) is 0.400. The van der Waals surface area contributed by atoms with E-state index < -0.39 is 5.41 Å². The van der Waals surface area contributed by atoms with Crippen LogP contribution in [-0.2, 0) is 22.5 Å². The maximum Gasteiger partial charge on any atom is 0.312 e. The Bertz CT molecular complexity index is 1010. The molecule has 1 aliphatic rings. The van der Waals surface area contributed by atoms with E-state index in [9.17, 15) is 4.79 Å². The average molecular weight is 420 g/mol. The van der Waals surface area contributed by atoms with Gasteiger partial charge in [0.05, 0.1) is 12.0 Å². The Morgan fingerprint density at radius 2 is 2.03 bits per heavy atom. The first-order valence-electron chi connectivity index (χ1n) is 10.9. The number of nitrogens with zero attached hydrogens (tertiary/aromatic N) is 3. The van der Waals surface area contributed by atoms with Gasteiger partial charge in [0.25, 0.3) is 0 Å². The number of hydrogen-bond donors (Lipinski definition) is 0. The first-order chi connectivity index (χ1) is 15.1. The third-order valence-electron chi connectivity index (χ3n) is 6.04. The molecule has 2 aromatic heterocycles. The molecule has 0 bridgehead atoms. The van der Waals surface area contributed by atoms with Crippen LogP contribution in [0.3, 0.4) is 0 Å². The van der Waals surface area contributed by atoms with Crippen molar-refractivity contribution in [2.24, 2.45) is 5.41 Å². The summed E-state index contributed by atoms with van der Waals surface area (Å²) in [5.41, 5.74) is 3.60. The number of rotatable bonds is 7. The van der Waals surface area contributed by atoms with Crippen LogP contribution in [0.1, 0.15) is 36.7 Å². The van der Waals surface area contributed by atoms with E-state index in [2.05, 4.69) is 40.2 Å². The highest BCUT2D eigenvalue weighted by molar-refractivity contribution is 5.77. The number of esters is 1. The predicted molar refractivity (Wildman–Crippen MR) is 118 cm³/mol. The summed E-state index contributed by atoms with van der Waals surface area (Å²) in [7, 11) is 0. The topological polar surface area (TPSA) is 68.5 Å². The van der Waals surface area contributed by atoms with E-state index in [0.29, 0.717) is 13.0 Å². The Morgan fingerprint density at radius 3 is 2.74 bits per heavy atom. The van der Waals surface area contributed by atoms with Gasteiger partial charge in [-0.05, 0) is 57.5 Å². The van der Waals surface area contributed by atoms with Crippen molar-refractivity contribution in [1.82, 2.24) is 15.0 Å². The van der Waals surface area contributed by atoms with Crippen LogP contribution in [0.15, 0.2) is 59.4 Å². The lowest BCUT2D eigenvalue weighted by Crippen LogP contribution is -2.46. The Kier molecular flexibility index (Phi) is 6.47. The minimum atomic E-state index is -0.579. The molecule has 1 saturated heterocycles. The molecule has 0 radical (unpaired) electrons. The summed E-state index contributed by atoms with van der Waals surface area (Å²) in [6.07, 6.45) is 5.65. The first-order valence-corrected chi connectivity index (χ1v) is 10.9. The highest BCUT2D eigenvalue weighted by Crippen LogP contribution is 2.38. The van der Waals surface area contributed by atoms with E-state index in [1.807, 2.05) is 37.4 Å². The molecular weight excluding hydrogens is 390 g/mol. The van der Waals surface area contributed by atoms with Gasteiger partial charge in [-0.1, -0.05) is 35.0 Å². The van der Waals surface area contributed by atoms with Crippen LogP contribution in [0.5, 0.6) is 0 Å². The molecule has 1 fully saturated rings. The fourth-order valence-corrected chi connectivity index (χ4v) is 4.30. The molecule has 0 N–H and O–H groups in total. The van der Waals surface area contributed by atoms with Crippen LogP contribution < -0.4 is 0 Å². The third kappa shape index (κ3) is 5.02. The molecule has 3 aromatic rings. The zero-order valence-electron chi connectivity index (χ0n) is 18.2. The lowest BCUT2D eigenvalue weighted by molar-refractivity contribution is -0.159. The molecule has 0 unspecified atom stereocenters. The SMILES string of the molecule is CCOC(=O)C1(Cc2cc(-c3cccc(C)c3)no2)CCN(Cc2cccnc2)CC1. The normalized spacial score (nSPS) is 16.2. The van der Waals surface area contributed by atoms with Crippen LogP contribution in [0.25, 0.3) is 11.3 Å². The van der Waals surface area contributed by atoms with Gasteiger partial charge in [0.15, 0.2) is 0 Å². The number of pyridine rings is 1. The molecule has 1 aromatic carbocycles. The molecule has 6 heteroatoms. The number of likely N-dealkylation sites (tertiary alicyclic amines) is 1. The van der Waals surface area contributed by atoms with Gasteiger partial charge >= 0.3 is 5.97 Å². The van der Waals surface area contributed by atoms with Gasteiger partial charge in [-0.15, -0.1) is 0 Å². The quantitative estimate of drug-likeness (QED) is 0.528. The zero-order valence-corrected chi connectivity index (χ0v) is 18.2.